The van der Waals surface area contributed by atoms with Crippen LogP contribution in [-0.4, -0.2) is 34.2 Å². The summed E-state index contributed by atoms with van der Waals surface area (Å²) in [5.41, 5.74) is 0.597. The van der Waals surface area contributed by atoms with Crippen LogP contribution in [0.4, 0.5) is 0 Å². The van der Waals surface area contributed by atoms with E-state index in [-0.39, 0.29) is 23.9 Å². The van der Waals surface area contributed by atoms with Crippen LogP contribution in [-0.2, 0) is 21.2 Å². The highest BCUT2D eigenvalue weighted by atomic mass is 32.2. The van der Waals surface area contributed by atoms with E-state index in [0.717, 1.165) is 6.26 Å². The van der Waals surface area contributed by atoms with Crippen LogP contribution in [0.5, 0.6) is 0 Å². The van der Waals surface area contributed by atoms with E-state index in [1.165, 1.54) is 6.07 Å². The first-order chi connectivity index (χ1) is 7.95. The summed E-state index contributed by atoms with van der Waals surface area (Å²) >= 11 is 0. The molecule has 0 aromatic heterocycles. The summed E-state index contributed by atoms with van der Waals surface area (Å²) in [4.78, 5) is 11.5. The zero-order chi connectivity index (χ0) is 12.9. The molecule has 0 heterocycles. The second-order valence-corrected chi connectivity index (χ2v) is 5.67. The average Bonchev–Trinajstić information content (AvgIpc) is 2.26. The van der Waals surface area contributed by atoms with Crippen molar-refractivity contribution >= 4 is 15.7 Å². The molecule has 0 saturated carbocycles. The highest BCUT2D eigenvalue weighted by Crippen LogP contribution is 2.14. The van der Waals surface area contributed by atoms with Crippen LogP contribution >= 0.6 is 0 Å². The third kappa shape index (κ3) is 4.16. The Labute approximate surface area is 101 Å². The Hall–Kier alpha value is -1.40. The minimum Gasteiger partial charge on any atom is -0.351 e. The lowest BCUT2D eigenvalue weighted by Crippen LogP contribution is -2.32. The van der Waals surface area contributed by atoms with Gasteiger partial charge in [-0.25, -0.2) is 8.42 Å². The van der Waals surface area contributed by atoms with Gasteiger partial charge in [0.15, 0.2) is 9.84 Å². The van der Waals surface area contributed by atoms with Gasteiger partial charge in [0.25, 0.3) is 0 Å². The first kappa shape index (κ1) is 13.7. The Morgan fingerprint density at radius 1 is 1.29 bits per heavy atom. The number of rotatable bonds is 5. The summed E-state index contributed by atoms with van der Waals surface area (Å²) in [6.07, 6.45) is 1.15. The smallest absolute Gasteiger partial charge is 0.234 e. The van der Waals surface area contributed by atoms with Crippen molar-refractivity contribution in [1.29, 1.82) is 0 Å². The van der Waals surface area contributed by atoms with E-state index < -0.39 is 9.84 Å². The van der Waals surface area contributed by atoms with E-state index in [4.69, 9.17) is 0 Å². The van der Waals surface area contributed by atoms with Crippen molar-refractivity contribution in [1.82, 2.24) is 10.6 Å². The number of benzene rings is 1. The Morgan fingerprint density at radius 3 is 2.53 bits per heavy atom. The molecule has 2 N–H and O–H groups in total. The van der Waals surface area contributed by atoms with Gasteiger partial charge in [0.1, 0.15) is 0 Å². The maximum atomic E-state index is 11.5. The molecule has 0 bridgehead atoms. The van der Waals surface area contributed by atoms with Crippen molar-refractivity contribution in [2.24, 2.45) is 0 Å². The maximum Gasteiger partial charge on any atom is 0.234 e. The van der Waals surface area contributed by atoms with E-state index in [1.54, 1.807) is 25.2 Å². The van der Waals surface area contributed by atoms with Gasteiger partial charge in [0.05, 0.1) is 11.4 Å². The molecule has 94 valence electrons. The third-order valence-corrected chi connectivity index (χ3v) is 3.38. The number of amides is 1. The van der Waals surface area contributed by atoms with Gasteiger partial charge in [0.2, 0.25) is 5.91 Å². The monoisotopic (exact) mass is 256 g/mol. The Morgan fingerprint density at radius 2 is 1.94 bits per heavy atom. The molecule has 0 saturated heterocycles. The summed E-state index contributed by atoms with van der Waals surface area (Å²) in [5, 5.41) is 5.36. The number of sulfone groups is 1. The number of carbonyl (C=O) groups excluding carboxylic acids is 1. The molecule has 17 heavy (non-hydrogen) atoms. The van der Waals surface area contributed by atoms with Crippen LogP contribution in [0, 0.1) is 0 Å². The Kier molecular flexibility index (Phi) is 4.65. The molecule has 0 radical (unpaired) electrons. The first-order valence-electron chi connectivity index (χ1n) is 5.14. The van der Waals surface area contributed by atoms with Gasteiger partial charge in [-0.15, -0.1) is 0 Å². The molecule has 0 aliphatic heterocycles. The third-order valence-electron chi connectivity index (χ3n) is 2.19. The summed E-state index contributed by atoms with van der Waals surface area (Å²) in [6.45, 7) is 0.421. The van der Waals surface area contributed by atoms with Gasteiger partial charge in [-0.2, -0.15) is 0 Å². The fraction of sp³-hybridized carbons (Fsp3) is 0.364. The molecule has 1 aromatic rings. The number of carbonyl (C=O) groups is 1. The second-order valence-electron chi connectivity index (χ2n) is 3.69. The fourth-order valence-electron chi connectivity index (χ4n) is 1.43. The minimum absolute atomic E-state index is 0.171. The van der Waals surface area contributed by atoms with E-state index in [2.05, 4.69) is 10.6 Å². The van der Waals surface area contributed by atoms with Gasteiger partial charge in [-0.1, -0.05) is 18.2 Å². The first-order valence-corrected chi connectivity index (χ1v) is 7.03. The Balaban J connectivity index is 2.82. The molecule has 0 unspecified atom stereocenters. The Bertz CT molecular complexity index is 497. The lowest BCUT2D eigenvalue weighted by Gasteiger charge is -2.09. The molecule has 6 heteroatoms. The van der Waals surface area contributed by atoms with Crippen molar-refractivity contribution in [3.63, 3.8) is 0 Å². The highest BCUT2D eigenvalue weighted by Gasteiger charge is 2.12. The molecular formula is C11H16N2O3S. The summed E-state index contributed by atoms with van der Waals surface area (Å²) in [5.74, 6) is -0.171. The summed E-state index contributed by atoms with van der Waals surface area (Å²) < 4.78 is 23.0. The molecule has 5 nitrogen and oxygen atoms in total. The van der Waals surface area contributed by atoms with Gasteiger partial charge in [-0.3, -0.25) is 4.79 Å². The van der Waals surface area contributed by atoms with Crippen molar-refractivity contribution in [3.8, 4) is 0 Å². The maximum absolute atomic E-state index is 11.5. The topological polar surface area (TPSA) is 75.3 Å². The average molecular weight is 256 g/mol. The van der Waals surface area contributed by atoms with E-state index >= 15 is 0 Å². The standard InChI is InChI=1S/C11H16N2O3S/c1-12-8-11(14)13-7-9-5-3-4-6-10(9)17(2,15)16/h3-6,12H,7-8H2,1-2H3,(H,13,14). The van der Waals surface area contributed by atoms with Gasteiger partial charge in [0, 0.05) is 12.8 Å². The largest absolute Gasteiger partial charge is 0.351 e. The number of likely N-dealkylation sites (N-methyl/N-ethyl adjacent to an activating group) is 1. The molecule has 0 atom stereocenters. The molecule has 0 fully saturated rings. The van der Waals surface area contributed by atoms with Crippen LogP contribution in [0.15, 0.2) is 29.2 Å². The number of nitrogens with one attached hydrogen (secondary N) is 2. The molecule has 0 aliphatic rings. The van der Waals surface area contributed by atoms with Gasteiger partial charge in [-0.05, 0) is 18.7 Å². The lowest BCUT2D eigenvalue weighted by molar-refractivity contribution is -0.120. The SMILES string of the molecule is CNCC(=O)NCc1ccccc1S(C)(=O)=O. The quantitative estimate of drug-likeness (QED) is 0.773. The zero-order valence-electron chi connectivity index (χ0n) is 9.86. The van der Waals surface area contributed by atoms with Crippen LogP contribution in [0.25, 0.3) is 0 Å². The molecule has 1 amide bonds. The van der Waals surface area contributed by atoms with Crippen molar-refractivity contribution < 1.29 is 13.2 Å². The predicted molar refractivity (Wildman–Crippen MR) is 65.3 cm³/mol. The molecule has 0 spiro atoms. The summed E-state index contributed by atoms with van der Waals surface area (Å²) in [7, 11) is -1.59. The lowest BCUT2D eigenvalue weighted by atomic mass is 10.2. The van der Waals surface area contributed by atoms with Crippen molar-refractivity contribution in [2.75, 3.05) is 19.8 Å². The predicted octanol–water partition coefficient (Wildman–Crippen LogP) is -0.0743. The van der Waals surface area contributed by atoms with Gasteiger partial charge < -0.3 is 10.6 Å². The van der Waals surface area contributed by atoms with Crippen LogP contribution in [0.2, 0.25) is 0 Å². The molecule has 1 aromatic carbocycles. The van der Waals surface area contributed by atoms with Gasteiger partial charge >= 0.3 is 0 Å². The van der Waals surface area contributed by atoms with Crippen LogP contribution in [0.3, 0.4) is 0 Å². The second kappa shape index (κ2) is 5.79. The molecular weight excluding hydrogens is 240 g/mol. The van der Waals surface area contributed by atoms with Crippen molar-refractivity contribution in [3.05, 3.63) is 29.8 Å². The zero-order valence-corrected chi connectivity index (χ0v) is 10.7. The molecule has 0 aliphatic carbocycles. The van der Waals surface area contributed by atoms with E-state index in [1.807, 2.05) is 0 Å². The summed E-state index contributed by atoms with van der Waals surface area (Å²) in [6, 6.07) is 6.63. The highest BCUT2D eigenvalue weighted by molar-refractivity contribution is 7.90. The van der Waals surface area contributed by atoms with Crippen molar-refractivity contribution in [2.45, 2.75) is 11.4 Å². The van der Waals surface area contributed by atoms with Crippen LogP contribution < -0.4 is 10.6 Å². The normalized spacial score (nSPS) is 11.2. The number of hydrogen-bond acceptors (Lipinski definition) is 4. The fourth-order valence-corrected chi connectivity index (χ4v) is 2.37. The molecule has 1 rings (SSSR count). The van der Waals surface area contributed by atoms with Crippen LogP contribution in [0.1, 0.15) is 5.56 Å². The number of hydrogen-bond donors (Lipinski definition) is 2. The van der Waals surface area contributed by atoms with E-state index in [9.17, 15) is 13.2 Å². The minimum atomic E-state index is -3.26. The van der Waals surface area contributed by atoms with E-state index in [0.29, 0.717) is 5.56 Å².